The Bertz CT molecular complexity index is 508. The van der Waals surface area contributed by atoms with Crippen LogP contribution in [0, 0.1) is 5.92 Å². The number of rotatable bonds is 16. The summed E-state index contributed by atoms with van der Waals surface area (Å²) in [4.78, 5) is 0. The van der Waals surface area contributed by atoms with E-state index in [-0.39, 0.29) is 0 Å². The van der Waals surface area contributed by atoms with E-state index in [2.05, 4.69) is 38.1 Å². The molecule has 8 heteroatoms. The van der Waals surface area contributed by atoms with Crippen LogP contribution in [0.25, 0.3) is 0 Å². The lowest BCUT2D eigenvalue weighted by molar-refractivity contribution is 0.118. The molecule has 182 valence electrons. The van der Waals surface area contributed by atoms with Gasteiger partial charge in [0.25, 0.3) is 0 Å². The SMILES string of the molecule is CCCCC(C)C[Si](OC)(OC)OC.CO[Si](CCCCc1ccccc1)(OC)OC. The van der Waals surface area contributed by atoms with Crippen molar-refractivity contribution < 1.29 is 26.6 Å². The van der Waals surface area contributed by atoms with Crippen LogP contribution in [-0.2, 0) is 33.0 Å². The predicted molar refractivity (Wildman–Crippen MR) is 131 cm³/mol. The molecule has 0 aromatic heterocycles. The van der Waals surface area contributed by atoms with Gasteiger partial charge in [0.2, 0.25) is 0 Å². The van der Waals surface area contributed by atoms with Crippen molar-refractivity contribution in [1.29, 1.82) is 0 Å². The van der Waals surface area contributed by atoms with E-state index in [9.17, 15) is 0 Å². The smallest absolute Gasteiger partial charge is 0.377 e. The first-order valence-corrected chi connectivity index (χ1v) is 15.1. The normalized spacial score (nSPS) is 12.9. The molecule has 31 heavy (non-hydrogen) atoms. The second-order valence-electron chi connectivity index (χ2n) is 7.74. The Labute approximate surface area is 193 Å². The van der Waals surface area contributed by atoms with E-state index in [0.29, 0.717) is 5.92 Å². The van der Waals surface area contributed by atoms with E-state index < -0.39 is 17.6 Å². The van der Waals surface area contributed by atoms with Crippen LogP contribution in [0.2, 0.25) is 12.1 Å². The lowest BCUT2D eigenvalue weighted by atomic mass is 10.1. The van der Waals surface area contributed by atoms with Crippen molar-refractivity contribution in [1.82, 2.24) is 0 Å². The van der Waals surface area contributed by atoms with Gasteiger partial charge in [0, 0.05) is 54.7 Å². The molecule has 1 unspecified atom stereocenters. The molecule has 0 radical (unpaired) electrons. The van der Waals surface area contributed by atoms with Crippen molar-refractivity contribution in [3.05, 3.63) is 35.9 Å². The Morgan fingerprint density at radius 1 is 0.710 bits per heavy atom. The second-order valence-corrected chi connectivity index (χ2v) is 13.8. The molecule has 0 aliphatic rings. The molecule has 1 aromatic carbocycles. The van der Waals surface area contributed by atoms with Crippen molar-refractivity contribution in [2.75, 3.05) is 42.7 Å². The van der Waals surface area contributed by atoms with E-state index in [4.69, 9.17) is 26.6 Å². The fourth-order valence-corrected chi connectivity index (χ4v) is 7.31. The van der Waals surface area contributed by atoms with E-state index in [0.717, 1.165) is 31.4 Å². The lowest BCUT2D eigenvalue weighted by Gasteiger charge is -2.27. The monoisotopic (exact) mass is 474 g/mol. The fourth-order valence-electron chi connectivity index (χ4n) is 3.45. The van der Waals surface area contributed by atoms with Gasteiger partial charge in [0.15, 0.2) is 0 Å². The van der Waals surface area contributed by atoms with Gasteiger partial charge in [-0.25, -0.2) is 0 Å². The molecule has 1 aromatic rings. The summed E-state index contributed by atoms with van der Waals surface area (Å²) < 4.78 is 32.3. The standard InChI is InChI=1S/C13H22O3Si.C10H24O3Si/c1-14-17(15-2,16-3)12-8-7-11-13-9-5-4-6-10-13;1-6-7-8-10(2)9-14(11-3,12-4)13-5/h4-6,9-10H,7-8,11-12H2,1-3H3;10H,6-9H2,1-5H3. The predicted octanol–water partition coefficient (Wildman–Crippen LogP) is 5.58. The molecular formula is C23H46O6Si2. The number of unbranched alkanes of at least 4 members (excludes halogenated alkanes) is 2. The molecule has 1 atom stereocenters. The van der Waals surface area contributed by atoms with Crippen molar-refractivity contribution in [3.63, 3.8) is 0 Å². The zero-order chi connectivity index (χ0) is 23.6. The topological polar surface area (TPSA) is 55.4 Å². The van der Waals surface area contributed by atoms with Crippen LogP contribution in [-0.4, -0.2) is 60.3 Å². The molecule has 0 saturated heterocycles. The van der Waals surface area contributed by atoms with E-state index in [1.807, 2.05) is 6.07 Å². The van der Waals surface area contributed by atoms with Crippen molar-refractivity contribution in [2.24, 2.45) is 5.92 Å². The minimum Gasteiger partial charge on any atom is -0.377 e. The number of hydrogen-bond donors (Lipinski definition) is 0. The highest BCUT2D eigenvalue weighted by Crippen LogP contribution is 2.23. The Balaban J connectivity index is 0.000000594. The zero-order valence-corrected chi connectivity index (χ0v) is 23.1. The van der Waals surface area contributed by atoms with Gasteiger partial charge in [-0.2, -0.15) is 0 Å². The van der Waals surface area contributed by atoms with Crippen molar-refractivity contribution in [3.8, 4) is 0 Å². The summed E-state index contributed by atoms with van der Waals surface area (Å²) in [5.41, 5.74) is 1.38. The van der Waals surface area contributed by atoms with Crippen LogP contribution >= 0.6 is 0 Å². The van der Waals surface area contributed by atoms with Crippen LogP contribution < -0.4 is 0 Å². The molecule has 0 fully saturated rings. The summed E-state index contributed by atoms with van der Waals surface area (Å²) in [5, 5.41) is 0. The fraction of sp³-hybridized carbons (Fsp3) is 0.739. The minimum atomic E-state index is -2.36. The molecule has 0 amide bonds. The van der Waals surface area contributed by atoms with E-state index >= 15 is 0 Å². The summed E-state index contributed by atoms with van der Waals surface area (Å²) >= 11 is 0. The molecule has 0 bridgehead atoms. The van der Waals surface area contributed by atoms with Gasteiger partial charge in [0.1, 0.15) is 0 Å². The average Bonchev–Trinajstić information content (AvgIpc) is 2.83. The summed E-state index contributed by atoms with van der Waals surface area (Å²) in [5.74, 6) is 0.612. The first-order chi connectivity index (χ1) is 14.9. The first kappa shape index (κ1) is 30.4. The maximum atomic E-state index is 5.38. The van der Waals surface area contributed by atoms with Crippen molar-refractivity contribution in [2.45, 2.75) is 64.5 Å². The molecule has 0 N–H and O–H groups in total. The Kier molecular flexibility index (Phi) is 17.6. The molecule has 0 spiro atoms. The summed E-state index contributed by atoms with van der Waals surface area (Å²) in [6.45, 7) is 4.44. The van der Waals surface area contributed by atoms with Gasteiger partial charge in [-0.15, -0.1) is 0 Å². The largest absolute Gasteiger partial charge is 0.500 e. The van der Waals surface area contributed by atoms with Gasteiger partial charge in [-0.05, 0) is 30.7 Å². The van der Waals surface area contributed by atoms with Crippen molar-refractivity contribution >= 4 is 17.6 Å². The molecule has 1 rings (SSSR count). The van der Waals surface area contributed by atoms with Crippen LogP contribution in [0.15, 0.2) is 30.3 Å². The number of aryl methyl sites for hydroxylation is 1. The molecule has 6 nitrogen and oxygen atoms in total. The van der Waals surface area contributed by atoms with Gasteiger partial charge < -0.3 is 26.6 Å². The quantitative estimate of drug-likeness (QED) is 0.230. The third-order valence-electron chi connectivity index (χ3n) is 5.56. The molecule has 0 heterocycles. The number of hydrogen-bond acceptors (Lipinski definition) is 6. The molecule has 0 aliphatic heterocycles. The van der Waals surface area contributed by atoms with Crippen LogP contribution in [0.1, 0.15) is 51.5 Å². The van der Waals surface area contributed by atoms with Gasteiger partial charge in [-0.3, -0.25) is 0 Å². The van der Waals surface area contributed by atoms with E-state index in [1.165, 1.54) is 24.8 Å². The summed E-state index contributed by atoms with van der Waals surface area (Å²) in [7, 11) is 5.32. The Hall–Kier alpha value is -0.586. The third-order valence-corrected chi connectivity index (χ3v) is 11.5. The number of benzene rings is 1. The maximum Gasteiger partial charge on any atom is 0.500 e. The maximum absolute atomic E-state index is 5.38. The van der Waals surface area contributed by atoms with Crippen LogP contribution in [0.3, 0.4) is 0 Å². The second kappa shape index (κ2) is 17.9. The van der Waals surface area contributed by atoms with Gasteiger partial charge >= 0.3 is 17.6 Å². The van der Waals surface area contributed by atoms with Gasteiger partial charge in [0.05, 0.1) is 0 Å². The molecule has 0 saturated carbocycles. The average molecular weight is 475 g/mol. The third kappa shape index (κ3) is 12.3. The Morgan fingerprint density at radius 3 is 1.68 bits per heavy atom. The summed E-state index contributed by atoms with van der Waals surface area (Å²) in [6, 6.07) is 12.3. The highest BCUT2D eigenvalue weighted by molar-refractivity contribution is 6.60. The zero-order valence-electron chi connectivity index (χ0n) is 21.1. The highest BCUT2D eigenvalue weighted by atomic mass is 28.4. The van der Waals surface area contributed by atoms with E-state index in [1.54, 1.807) is 42.7 Å². The minimum absolute atomic E-state index is 0.612. The molecular weight excluding hydrogens is 428 g/mol. The van der Waals surface area contributed by atoms with Crippen LogP contribution in [0.4, 0.5) is 0 Å². The summed E-state index contributed by atoms with van der Waals surface area (Å²) in [6.07, 6.45) is 7.03. The first-order valence-electron chi connectivity index (χ1n) is 11.2. The van der Waals surface area contributed by atoms with Crippen LogP contribution in [0.5, 0.6) is 0 Å². The van der Waals surface area contributed by atoms with Gasteiger partial charge in [-0.1, -0.05) is 63.4 Å². The highest BCUT2D eigenvalue weighted by Gasteiger charge is 2.39. The Morgan fingerprint density at radius 2 is 1.23 bits per heavy atom. The molecule has 0 aliphatic carbocycles. The lowest BCUT2D eigenvalue weighted by Crippen LogP contribution is -2.44.